The molecule has 0 aromatic heterocycles. The zero-order chi connectivity index (χ0) is 21.1. The van der Waals surface area contributed by atoms with Gasteiger partial charge in [-0.05, 0) is 68.5 Å². The van der Waals surface area contributed by atoms with Crippen LogP contribution in [0.15, 0.2) is 42.1 Å². The third-order valence-corrected chi connectivity index (χ3v) is 5.23. The van der Waals surface area contributed by atoms with Crippen molar-refractivity contribution in [1.82, 2.24) is 4.90 Å². The summed E-state index contributed by atoms with van der Waals surface area (Å²) in [5.41, 5.74) is 2.80. The molecule has 0 atom stereocenters. The van der Waals surface area contributed by atoms with Crippen LogP contribution in [0.5, 0.6) is 17.2 Å². The molecule has 1 aliphatic heterocycles. The summed E-state index contributed by atoms with van der Waals surface area (Å²) in [5.74, 6) is 1.93. The second kappa shape index (κ2) is 8.53. The summed E-state index contributed by atoms with van der Waals surface area (Å²) in [7, 11) is 4.99. The zero-order valence-electron chi connectivity index (χ0n) is 17.2. The van der Waals surface area contributed by atoms with Gasteiger partial charge in [-0.15, -0.1) is 0 Å². The Bertz CT molecular complexity index is 970. The fraction of sp³-hybridized carbons (Fsp3) is 0.273. The average molecular weight is 413 g/mol. The Labute approximate surface area is 176 Å². The van der Waals surface area contributed by atoms with E-state index < -0.39 is 0 Å². The van der Waals surface area contributed by atoms with E-state index in [9.17, 15) is 4.79 Å². The largest absolute Gasteiger partial charge is 0.496 e. The van der Waals surface area contributed by atoms with Gasteiger partial charge in [-0.25, -0.2) is 0 Å². The van der Waals surface area contributed by atoms with E-state index in [0.29, 0.717) is 28.9 Å². The molecule has 0 unspecified atom stereocenters. The Morgan fingerprint density at radius 1 is 1.07 bits per heavy atom. The highest BCUT2D eigenvalue weighted by molar-refractivity contribution is 7.80. The highest BCUT2D eigenvalue weighted by atomic mass is 32.1. The van der Waals surface area contributed by atoms with E-state index in [4.69, 9.17) is 26.4 Å². The molecular formula is C22H24N2O4S. The number of thiocarbonyl (C=S) groups is 1. The van der Waals surface area contributed by atoms with E-state index >= 15 is 0 Å². The average Bonchev–Trinajstić information content (AvgIpc) is 2.92. The number of likely N-dealkylation sites (N-methyl/N-ethyl adjacent to an activating group) is 1. The summed E-state index contributed by atoms with van der Waals surface area (Å²) in [6, 6.07) is 11.0. The first-order valence-electron chi connectivity index (χ1n) is 9.21. The molecule has 29 heavy (non-hydrogen) atoms. The smallest absolute Gasteiger partial charge is 0.281 e. The molecule has 0 bridgehead atoms. The Kier molecular flexibility index (Phi) is 6.08. The molecule has 1 heterocycles. The van der Waals surface area contributed by atoms with Crippen molar-refractivity contribution in [2.45, 2.75) is 13.8 Å². The van der Waals surface area contributed by atoms with Crippen LogP contribution in [0, 0.1) is 6.92 Å². The van der Waals surface area contributed by atoms with Crippen molar-refractivity contribution in [2.75, 3.05) is 32.8 Å². The third kappa shape index (κ3) is 3.78. The van der Waals surface area contributed by atoms with Gasteiger partial charge in [0.1, 0.15) is 22.9 Å². The molecule has 0 saturated carbocycles. The fourth-order valence-electron chi connectivity index (χ4n) is 3.29. The second-order valence-corrected chi connectivity index (χ2v) is 6.82. The number of amides is 1. The molecule has 3 rings (SSSR count). The molecule has 2 aromatic rings. The molecule has 0 spiro atoms. The number of rotatable bonds is 6. The number of hydrogen-bond donors (Lipinski definition) is 0. The highest BCUT2D eigenvalue weighted by Gasteiger charge is 2.37. The van der Waals surface area contributed by atoms with Crippen molar-refractivity contribution >= 4 is 35.0 Å². The minimum Gasteiger partial charge on any atom is -0.496 e. The van der Waals surface area contributed by atoms with Crippen molar-refractivity contribution < 1.29 is 19.0 Å². The Hall–Kier alpha value is -3.06. The fourth-order valence-corrected chi connectivity index (χ4v) is 3.58. The Balaban J connectivity index is 1.99. The van der Waals surface area contributed by atoms with Gasteiger partial charge in [0, 0.05) is 18.2 Å². The number of nitrogens with zero attached hydrogens (tertiary/aromatic N) is 2. The second-order valence-electron chi connectivity index (χ2n) is 6.45. The summed E-state index contributed by atoms with van der Waals surface area (Å²) < 4.78 is 16.4. The predicted molar refractivity (Wildman–Crippen MR) is 118 cm³/mol. The number of ether oxygens (including phenoxy) is 3. The molecule has 1 saturated heterocycles. The normalized spacial score (nSPS) is 15.3. The van der Waals surface area contributed by atoms with Crippen LogP contribution in [0.25, 0.3) is 6.08 Å². The summed E-state index contributed by atoms with van der Waals surface area (Å²) in [6.45, 7) is 4.42. The molecule has 1 fully saturated rings. The van der Waals surface area contributed by atoms with Crippen LogP contribution >= 0.6 is 12.2 Å². The molecule has 2 aromatic carbocycles. The number of benzene rings is 2. The topological polar surface area (TPSA) is 51.2 Å². The first-order chi connectivity index (χ1) is 13.9. The van der Waals surface area contributed by atoms with Crippen molar-refractivity contribution in [3.63, 3.8) is 0 Å². The molecule has 1 aliphatic rings. The van der Waals surface area contributed by atoms with E-state index in [1.165, 1.54) is 4.90 Å². The highest BCUT2D eigenvalue weighted by Crippen LogP contribution is 2.35. The minimum atomic E-state index is -0.197. The van der Waals surface area contributed by atoms with E-state index in [1.807, 2.05) is 50.2 Å². The van der Waals surface area contributed by atoms with E-state index in [2.05, 4.69) is 0 Å². The first-order valence-corrected chi connectivity index (χ1v) is 9.62. The van der Waals surface area contributed by atoms with Gasteiger partial charge < -0.3 is 19.1 Å². The molecule has 0 N–H and O–H groups in total. The van der Waals surface area contributed by atoms with E-state index in [-0.39, 0.29) is 5.91 Å². The van der Waals surface area contributed by atoms with Crippen LogP contribution in [-0.2, 0) is 4.79 Å². The molecule has 1 amide bonds. The van der Waals surface area contributed by atoms with Crippen LogP contribution in [0.2, 0.25) is 0 Å². The summed E-state index contributed by atoms with van der Waals surface area (Å²) in [5, 5.41) is 0.412. The number of hydrogen-bond acceptors (Lipinski definition) is 5. The molecule has 152 valence electrons. The van der Waals surface area contributed by atoms with Gasteiger partial charge in [-0.2, -0.15) is 0 Å². The maximum atomic E-state index is 13.2. The standard InChI is InChI=1S/C22H24N2O4S/c1-6-28-17-10-8-16(9-11-17)24-21(25)18(23(3)22(24)29)13-15-7-12-19(26-4)14(2)20(15)27-5/h7-13H,6H2,1-5H3/b18-13-. The lowest BCUT2D eigenvalue weighted by atomic mass is 10.1. The van der Waals surface area contributed by atoms with Crippen molar-refractivity contribution in [3.8, 4) is 17.2 Å². The molecule has 6 nitrogen and oxygen atoms in total. The van der Waals surface area contributed by atoms with Crippen molar-refractivity contribution in [1.29, 1.82) is 0 Å². The van der Waals surface area contributed by atoms with Crippen LogP contribution in [0.4, 0.5) is 5.69 Å². The lowest BCUT2D eigenvalue weighted by Gasteiger charge is -2.17. The molecule has 0 radical (unpaired) electrons. The predicted octanol–water partition coefficient (Wildman–Crippen LogP) is 4.02. The SMILES string of the molecule is CCOc1ccc(N2C(=O)/C(=C/c3ccc(OC)c(C)c3OC)N(C)C2=S)cc1. The number of anilines is 1. The van der Waals surface area contributed by atoms with Gasteiger partial charge in [-0.3, -0.25) is 9.69 Å². The summed E-state index contributed by atoms with van der Waals surface area (Å²) in [4.78, 5) is 16.4. The van der Waals surface area contributed by atoms with Crippen LogP contribution in [-0.4, -0.2) is 43.8 Å². The van der Waals surface area contributed by atoms with E-state index in [0.717, 1.165) is 22.6 Å². The Morgan fingerprint density at radius 2 is 1.76 bits per heavy atom. The lowest BCUT2D eigenvalue weighted by Crippen LogP contribution is -2.31. The van der Waals surface area contributed by atoms with E-state index in [1.54, 1.807) is 32.2 Å². The zero-order valence-corrected chi connectivity index (χ0v) is 18.0. The van der Waals surface area contributed by atoms with Gasteiger partial charge >= 0.3 is 0 Å². The van der Waals surface area contributed by atoms with Gasteiger partial charge in [0.25, 0.3) is 5.91 Å². The number of carbonyl (C=O) groups excluding carboxylic acids is 1. The Morgan fingerprint density at radius 3 is 2.34 bits per heavy atom. The quantitative estimate of drug-likeness (QED) is 0.528. The van der Waals surface area contributed by atoms with Crippen LogP contribution in [0.3, 0.4) is 0 Å². The third-order valence-electron chi connectivity index (χ3n) is 4.77. The maximum Gasteiger partial charge on any atom is 0.281 e. The van der Waals surface area contributed by atoms with Gasteiger partial charge in [0.2, 0.25) is 0 Å². The first kappa shape index (κ1) is 20.7. The monoisotopic (exact) mass is 412 g/mol. The van der Waals surface area contributed by atoms with Gasteiger partial charge in [-0.1, -0.05) is 0 Å². The number of methoxy groups -OCH3 is 2. The van der Waals surface area contributed by atoms with Gasteiger partial charge in [0.15, 0.2) is 5.11 Å². The summed E-state index contributed by atoms with van der Waals surface area (Å²) >= 11 is 5.53. The minimum absolute atomic E-state index is 0.197. The van der Waals surface area contributed by atoms with Gasteiger partial charge in [0.05, 0.1) is 26.5 Å². The number of carbonyl (C=O) groups is 1. The van der Waals surface area contributed by atoms with Crippen LogP contribution in [0.1, 0.15) is 18.1 Å². The molecular weight excluding hydrogens is 388 g/mol. The van der Waals surface area contributed by atoms with Crippen molar-refractivity contribution in [2.24, 2.45) is 0 Å². The lowest BCUT2D eigenvalue weighted by molar-refractivity contribution is -0.114. The van der Waals surface area contributed by atoms with Crippen molar-refractivity contribution in [3.05, 3.63) is 53.2 Å². The molecule has 7 heteroatoms. The summed E-state index contributed by atoms with van der Waals surface area (Å²) in [6.07, 6.45) is 1.79. The maximum absolute atomic E-state index is 13.2. The van der Waals surface area contributed by atoms with Crippen LogP contribution < -0.4 is 19.1 Å². The molecule has 0 aliphatic carbocycles.